The predicted molar refractivity (Wildman–Crippen MR) is 125 cm³/mol. The van der Waals surface area contributed by atoms with Crippen molar-refractivity contribution in [2.24, 2.45) is 5.41 Å². The van der Waals surface area contributed by atoms with Crippen LogP contribution in [0.5, 0.6) is 11.8 Å². The summed E-state index contributed by atoms with van der Waals surface area (Å²) >= 11 is 9.22. The highest BCUT2D eigenvalue weighted by Gasteiger charge is 2.42. The zero-order valence-electron chi connectivity index (χ0n) is 19.0. The lowest BCUT2D eigenvalue weighted by molar-refractivity contribution is -0.150. The van der Waals surface area contributed by atoms with Crippen LogP contribution in [0.25, 0.3) is 0 Å². The molecule has 10 nitrogen and oxygen atoms in total. The molecular weight excluding hydrogens is 520 g/mol. The Labute approximate surface area is 205 Å². The van der Waals surface area contributed by atoms with E-state index in [9.17, 15) is 9.59 Å². The van der Waals surface area contributed by atoms with Gasteiger partial charge in [-0.25, -0.2) is 0 Å². The normalized spacial score (nSPS) is 13.1. The highest BCUT2D eigenvalue weighted by molar-refractivity contribution is 9.10. The first kappa shape index (κ1) is 26.7. The second-order valence-corrected chi connectivity index (χ2v) is 9.93. The first-order chi connectivity index (χ1) is 15.5. The predicted octanol–water partition coefficient (Wildman–Crippen LogP) is 3.94. The lowest BCUT2D eigenvalue weighted by atomic mass is 9.83. The smallest absolute Gasteiger partial charge is 0.322 e. The number of ether oxygens (including phenoxy) is 4. The monoisotopic (exact) mass is 544 g/mol. The molecule has 0 aliphatic carbocycles. The molecule has 1 unspecified atom stereocenters. The van der Waals surface area contributed by atoms with E-state index < -0.39 is 21.7 Å². The van der Waals surface area contributed by atoms with Gasteiger partial charge < -0.3 is 24.3 Å². The number of alkyl halides is 1. The summed E-state index contributed by atoms with van der Waals surface area (Å²) < 4.78 is 19.5. The van der Waals surface area contributed by atoms with Crippen LogP contribution in [0.1, 0.15) is 27.2 Å². The highest BCUT2D eigenvalue weighted by atomic mass is 79.9. The molecular formula is C21H26BrClN4O6. The largest absolute Gasteiger partial charge is 0.467 e. The van der Waals surface area contributed by atoms with Gasteiger partial charge in [-0.15, -0.1) is 0 Å². The van der Waals surface area contributed by atoms with Crippen LogP contribution in [0.4, 0.5) is 11.6 Å². The van der Waals surface area contributed by atoms with Crippen LogP contribution in [0.3, 0.4) is 0 Å². The number of carbonyl (C=O) groups excluding carboxylic acids is 2. The summed E-state index contributed by atoms with van der Waals surface area (Å²) in [4.78, 5) is 36.9. The fourth-order valence-corrected chi connectivity index (χ4v) is 3.77. The molecule has 0 bridgehead atoms. The first-order valence-corrected chi connectivity index (χ1v) is 11.0. The quantitative estimate of drug-likeness (QED) is 0.192. The Morgan fingerprint density at radius 2 is 1.70 bits per heavy atom. The Hall–Kier alpha value is -2.50. The summed E-state index contributed by atoms with van der Waals surface area (Å²) in [6.45, 7) is 5.47. The van der Waals surface area contributed by atoms with E-state index >= 15 is 0 Å². The molecule has 33 heavy (non-hydrogen) atoms. The van der Waals surface area contributed by atoms with E-state index in [2.05, 4.69) is 36.2 Å². The number of benzene rings is 1. The molecule has 2 aromatic rings. The Bertz CT molecular complexity index is 972. The molecule has 2 rings (SSSR count). The number of hydrogen-bond donors (Lipinski definition) is 1. The van der Waals surface area contributed by atoms with Crippen LogP contribution in [-0.2, 0) is 19.1 Å². The third-order valence-corrected chi connectivity index (χ3v) is 5.14. The number of halogens is 2. The SMILES string of the molecule is COCCOC(=O)C(C)(Br)CC(C)(C)C(=O)Oc1ccc(Nc2nc(Cl)nc(OC)n2)cc1. The van der Waals surface area contributed by atoms with E-state index in [0.29, 0.717) is 18.0 Å². The minimum Gasteiger partial charge on any atom is -0.467 e. The molecule has 1 atom stereocenters. The Balaban J connectivity index is 2.00. The number of anilines is 2. The first-order valence-electron chi connectivity index (χ1n) is 9.87. The number of aromatic nitrogens is 3. The number of methoxy groups -OCH3 is 2. The van der Waals surface area contributed by atoms with Crippen LogP contribution in [-0.4, -0.2) is 58.6 Å². The summed E-state index contributed by atoms with van der Waals surface area (Å²) in [6, 6.07) is 6.67. The lowest BCUT2D eigenvalue weighted by Crippen LogP contribution is -2.40. The molecule has 0 saturated heterocycles. The zero-order valence-corrected chi connectivity index (χ0v) is 21.3. The van der Waals surface area contributed by atoms with Crippen molar-refractivity contribution in [3.63, 3.8) is 0 Å². The standard InChI is InChI=1S/C21H26BrClN4O6/c1-20(2,12-21(3,22)16(29)32-11-10-30-4)15(28)33-14-8-6-13(7-9-14)24-18-25-17(23)26-19(27-18)31-5/h6-9H,10-12H2,1-5H3,(H,24,25,26,27). The Morgan fingerprint density at radius 3 is 2.30 bits per heavy atom. The van der Waals surface area contributed by atoms with Gasteiger partial charge in [-0.2, -0.15) is 15.0 Å². The van der Waals surface area contributed by atoms with Crippen LogP contribution >= 0.6 is 27.5 Å². The van der Waals surface area contributed by atoms with Crippen LogP contribution in [0.15, 0.2) is 24.3 Å². The number of rotatable bonds is 11. The van der Waals surface area contributed by atoms with Crippen molar-refractivity contribution in [3.8, 4) is 11.8 Å². The highest BCUT2D eigenvalue weighted by Crippen LogP contribution is 2.36. The number of nitrogens with one attached hydrogen (secondary N) is 1. The van der Waals surface area contributed by atoms with Crippen LogP contribution in [0, 0.1) is 5.41 Å². The van der Waals surface area contributed by atoms with E-state index in [-0.39, 0.29) is 30.3 Å². The van der Waals surface area contributed by atoms with Crippen molar-refractivity contribution in [3.05, 3.63) is 29.5 Å². The van der Waals surface area contributed by atoms with E-state index in [1.165, 1.54) is 14.2 Å². The van der Waals surface area contributed by atoms with Gasteiger partial charge in [0.2, 0.25) is 11.2 Å². The fourth-order valence-electron chi connectivity index (χ4n) is 2.80. The molecule has 0 amide bonds. The summed E-state index contributed by atoms with van der Waals surface area (Å²) in [5, 5.41) is 2.95. The van der Waals surface area contributed by atoms with Gasteiger partial charge in [0.15, 0.2) is 0 Å². The Kier molecular flexibility index (Phi) is 9.38. The van der Waals surface area contributed by atoms with Crippen molar-refractivity contribution in [2.45, 2.75) is 31.5 Å². The average Bonchev–Trinajstić information content (AvgIpc) is 2.74. The number of esters is 2. The molecule has 0 saturated carbocycles. The number of carbonyl (C=O) groups is 2. The van der Waals surface area contributed by atoms with Gasteiger partial charge in [0.05, 0.1) is 19.1 Å². The zero-order chi connectivity index (χ0) is 24.6. The number of nitrogens with zero attached hydrogens (tertiary/aromatic N) is 3. The maximum Gasteiger partial charge on any atom is 0.322 e. The summed E-state index contributed by atoms with van der Waals surface area (Å²) in [6.07, 6.45) is 0.159. The van der Waals surface area contributed by atoms with E-state index in [1.54, 1.807) is 45.0 Å². The molecule has 1 N–H and O–H groups in total. The molecule has 1 aromatic carbocycles. The molecule has 0 radical (unpaired) electrons. The van der Waals surface area contributed by atoms with Gasteiger partial charge in [-0.3, -0.25) is 9.59 Å². The number of hydrogen-bond acceptors (Lipinski definition) is 10. The summed E-state index contributed by atoms with van der Waals surface area (Å²) in [5.41, 5.74) is -0.349. The van der Waals surface area contributed by atoms with Crippen molar-refractivity contribution in [1.29, 1.82) is 0 Å². The molecule has 1 aromatic heterocycles. The van der Waals surface area contributed by atoms with Gasteiger partial charge in [0, 0.05) is 12.8 Å². The molecule has 180 valence electrons. The molecule has 1 heterocycles. The minimum atomic E-state index is -1.07. The van der Waals surface area contributed by atoms with Crippen LogP contribution < -0.4 is 14.8 Å². The molecule has 12 heteroatoms. The van der Waals surface area contributed by atoms with Gasteiger partial charge in [-0.1, -0.05) is 15.9 Å². The third kappa shape index (κ3) is 8.09. The van der Waals surface area contributed by atoms with Gasteiger partial charge in [0.1, 0.15) is 16.7 Å². The van der Waals surface area contributed by atoms with Crippen molar-refractivity contribution in [1.82, 2.24) is 15.0 Å². The Morgan fingerprint density at radius 1 is 1.03 bits per heavy atom. The van der Waals surface area contributed by atoms with E-state index in [1.807, 2.05) is 0 Å². The minimum absolute atomic E-state index is 0.0153. The second-order valence-electron chi connectivity index (χ2n) is 7.84. The maximum atomic E-state index is 12.8. The fraction of sp³-hybridized carbons (Fsp3) is 0.476. The second kappa shape index (κ2) is 11.6. The van der Waals surface area contributed by atoms with E-state index in [0.717, 1.165) is 0 Å². The maximum absolute atomic E-state index is 12.8. The molecule has 0 spiro atoms. The van der Waals surface area contributed by atoms with E-state index in [4.69, 9.17) is 30.5 Å². The summed E-state index contributed by atoms with van der Waals surface area (Å²) in [5.74, 6) is -0.436. The summed E-state index contributed by atoms with van der Waals surface area (Å²) in [7, 11) is 2.94. The molecule has 0 fully saturated rings. The lowest BCUT2D eigenvalue weighted by Gasteiger charge is -2.30. The van der Waals surface area contributed by atoms with Gasteiger partial charge >= 0.3 is 17.9 Å². The van der Waals surface area contributed by atoms with Crippen molar-refractivity contribution >= 4 is 51.1 Å². The van der Waals surface area contributed by atoms with Crippen molar-refractivity contribution < 1.29 is 28.5 Å². The van der Waals surface area contributed by atoms with Crippen molar-refractivity contribution in [2.75, 3.05) is 32.8 Å². The third-order valence-electron chi connectivity index (χ3n) is 4.36. The van der Waals surface area contributed by atoms with Crippen LogP contribution in [0.2, 0.25) is 5.28 Å². The molecule has 0 aliphatic rings. The molecule has 0 aliphatic heterocycles. The van der Waals surface area contributed by atoms with Gasteiger partial charge in [-0.05, 0) is 63.1 Å². The van der Waals surface area contributed by atoms with Gasteiger partial charge in [0.25, 0.3) is 0 Å². The topological polar surface area (TPSA) is 122 Å². The average molecular weight is 546 g/mol.